The molecule has 0 bridgehead atoms. The third kappa shape index (κ3) is 130. The molecule has 0 saturated heterocycles. The first-order chi connectivity index (χ1) is 0. The van der Waals surface area contributed by atoms with Crippen LogP contribution in [0.3, 0.4) is 0 Å². The Morgan fingerprint density at radius 2 is 0.333 bits per heavy atom. The van der Waals surface area contributed by atoms with Crippen molar-refractivity contribution in [2.24, 2.45) is 0 Å². The van der Waals surface area contributed by atoms with Gasteiger partial charge in [-0.1, -0.05) is 0 Å². The number of hydrogen-bond donors (Lipinski definition) is 0. The van der Waals surface area contributed by atoms with Gasteiger partial charge >= 0.3 is 102 Å². The number of hydrogen-bond acceptors (Lipinski definition) is 0. The molecule has 0 spiro atoms. The van der Waals surface area contributed by atoms with Crippen LogP contribution in [0, 0.1) is 41.7 Å². The van der Waals surface area contributed by atoms with Gasteiger partial charge in [0.1, 0.15) is 0 Å². The summed E-state index contributed by atoms with van der Waals surface area (Å²) in [5, 5.41) is 0. The Bertz CT molecular complexity index is 20.5. The zero-order chi connectivity index (χ0) is 0. The van der Waals surface area contributed by atoms with E-state index in [0.29, 0.717) is 0 Å². The number of rotatable bonds is 0. The third-order valence-corrected chi connectivity index (χ3v) is 0. The molecule has 0 unspecified atom stereocenters. The van der Waals surface area contributed by atoms with Gasteiger partial charge in [0.2, 0.25) is 0 Å². The van der Waals surface area contributed by atoms with Gasteiger partial charge in [0.05, 0.1) is 0 Å². The van der Waals surface area contributed by atoms with Crippen LogP contribution >= 0.6 is 0 Å². The van der Waals surface area contributed by atoms with E-state index in [2.05, 4.69) is 0 Å². The van der Waals surface area contributed by atoms with Gasteiger partial charge in [0, 0.05) is 0 Å². The summed E-state index contributed by atoms with van der Waals surface area (Å²) in [6, 6.07) is 0. The zero-order valence-electron chi connectivity index (χ0n) is 5.87. The molecular formula is Br11CeCoMnZr. The maximum Gasteiger partial charge on any atom is 4.00 e. The van der Waals surface area contributed by atoms with Crippen molar-refractivity contribution >= 4 is 0 Å². The van der Waals surface area contributed by atoms with E-state index in [1.807, 2.05) is 0 Å². The van der Waals surface area contributed by atoms with E-state index in [-0.39, 0.29) is 289 Å². The van der Waals surface area contributed by atoms with Crippen LogP contribution in [0.2, 0.25) is 0 Å². The molecule has 15 heavy (non-hydrogen) atoms. The minimum Gasteiger partial charge on any atom is -1.00 e. The van der Waals surface area contributed by atoms with Gasteiger partial charge in [-0.05, 0) is 0 Å². The van der Waals surface area contributed by atoms with Gasteiger partial charge < -0.3 is 187 Å². The van der Waals surface area contributed by atoms with Gasteiger partial charge in [-0.3, -0.25) is 0 Å². The van der Waals surface area contributed by atoms with Crippen LogP contribution < -0.4 is 187 Å². The molecule has 0 aliphatic rings. The molecule has 101 valence electrons. The molecule has 0 heterocycles. The Hall–Kier alpha value is 8.57. The molecule has 0 aliphatic heterocycles. The summed E-state index contributed by atoms with van der Waals surface area (Å²) >= 11 is 0. The van der Waals surface area contributed by atoms with Crippen LogP contribution in [-0.2, 0) is 60.1 Å². The summed E-state index contributed by atoms with van der Waals surface area (Å²) in [6.07, 6.45) is 0. The van der Waals surface area contributed by atoms with Crippen molar-refractivity contribution in [1.29, 1.82) is 0 Å². The molecule has 0 nitrogen and oxygen atoms in total. The Kier molecular flexibility index (Phi) is 1560. The number of halogens is 11. The van der Waals surface area contributed by atoms with Crippen molar-refractivity contribution in [2.45, 2.75) is 0 Å². The fraction of sp³-hybridized carbons (Fsp3) is 0. The predicted molar refractivity (Wildman–Crippen MR) is 0 cm³/mol. The van der Waals surface area contributed by atoms with Crippen LogP contribution in [0.25, 0.3) is 0 Å². The molecule has 0 amide bonds. The maximum atomic E-state index is 0. The summed E-state index contributed by atoms with van der Waals surface area (Å²) in [7, 11) is 0. The minimum absolute atomic E-state index is 0. The summed E-state index contributed by atoms with van der Waals surface area (Å²) in [5.74, 6) is 0. The normalized spacial score (nSPS) is 0. The summed E-state index contributed by atoms with van der Waals surface area (Å²) < 4.78 is 0. The van der Waals surface area contributed by atoms with Gasteiger partial charge in [-0.15, -0.1) is 0 Å². The molecule has 0 aromatic carbocycles. The van der Waals surface area contributed by atoms with E-state index in [0.717, 1.165) is 0 Å². The van der Waals surface area contributed by atoms with Crippen molar-refractivity contribution in [3.63, 3.8) is 0 Å². The second kappa shape index (κ2) is 143. The monoisotopic (exact) mass is 1210 g/mol. The van der Waals surface area contributed by atoms with Gasteiger partial charge in [0.15, 0.2) is 0 Å². The van der Waals surface area contributed by atoms with Crippen LogP contribution in [-0.4, -0.2) is 0 Å². The second-order valence-corrected chi connectivity index (χ2v) is 0. The van der Waals surface area contributed by atoms with Crippen LogP contribution in [0.15, 0.2) is 0 Å². The summed E-state index contributed by atoms with van der Waals surface area (Å²) in [4.78, 5) is 0. The van der Waals surface area contributed by atoms with Gasteiger partial charge in [-0.2, -0.15) is 0 Å². The Balaban J connectivity index is 0. The van der Waals surface area contributed by atoms with Gasteiger partial charge in [0.25, 0.3) is 0 Å². The second-order valence-electron chi connectivity index (χ2n) is 0. The van der Waals surface area contributed by atoms with E-state index in [1.165, 1.54) is 0 Å². The van der Waals surface area contributed by atoms with E-state index in [9.17, 15) is 0 Å². The van der Waals surface area contributed by atoms with Crippen LogP contribution in [0.5, 0.6) is 0 Å². The molecule has 0 aromatic rings. The summed E-state index contributed by atoms with van der Waals surface area (Å²) in [5.41, 5.74) is 0. The average Bonchev–Trinajstić information content (AvgIpc) is 0. The predicted octanol–water partition coefficient (Wildman–Crippen LogP) is -33.0. The fourth-order valence-corrected chi connectivity index (χ4v) is 0. The first kappa shape index (κ1) is 164. The summed E-state index contributed by atoms with van der Waals surface area (Å²) in [6.45, 7) is 0. The van der Waals surface area contributed by atoms with Crippen molar-refractivity contribution in [3.05, 3.63) is 0 Å². The zero-order valence-corrected chi connectivity index (χ0v) is 31.1. The minimum atomic E-state index is 0. The molecule has 0 aliphatic carbocycles. The van der Waals surface area contributed by atoms with Gasteiger partial charge in [-0.25, -0.2) is 0 Å². The maximum absolute atomic E-state index is 0. The molecule has 15 heteroatoms. The smallest absolute Gasteiger partial charge is 1.00 e. The molecular weight excluding hydrogens is 1220 g/mol. The van der Waals surface area contributed by atoms with Crippen molar-refractivity contribution in [1.82, 2.24) is 0 Å². The molecule has 0 atom stereocenters. The molecule has 0 saturated carbocycles. The first-order valence-electron chi connectivity index (χ1n) is 0. The molecule has 0 rings (SSSR count). The Morgan fingerprint density at radius 1 is 0.333 bits per heavy atom. The SMILES string of the molecule is [Br-].[Br-].[Br-].[Br-].[Br-].[Br-].[Br-].[Br-].[Br-].[Br-].[Br-].[Ce+3].[Co+2].[Mn+2].[Zr+4]. The topological polar surface area (TPSA) is 0 Å². The van der Waals surface area contributed by atoms with Crippen molar-refractivity contribution in [3.8, 4) is 0 Å². The quantitative estimate of drug-likeness (QED) is 0.212. The standard InChI is InChI=1S/11BrH.Ce.Co.Mn.Zr/h11*1H;;;;/q;;;;;;;;;;;+3;2*+2;+4/p-11. The van der Waals surface area contributed by atoms with Crippen LogP contribution in [0.1, 0.15) is 0 Å². The molecule has 0 aromatic heterocycles. The Labute approximate surface area is 281 Å². The Morgan fingerprint density at radius 3 is 0.333 bits per heavy atom. The third-order valence-electron chi connectivity index (χ3n) is 0. The largest absolute Gasteiger partial charge is 4.00 e. The molecule has 0 fully saturated rings. The van der Waals surface area contributed by atoms with E-state index in [1.54, 1.807) is 0 Å². The molecule has 3 radical (unpaired) electrons. The van der Waals surface area contributed by atoms with E-state index in [4.69, 9.17) is 0 Å². The van der Waals surface area contributed by atoms with Crippen molar-refractivity contribution < 1.29 is 289 Å². The van der Waals surface area contributed by atoms with E-state index >= 15 is 0 Å². The van der Waals surface area contributed by atoms with Crippen LogP contribution in [0.4, 0.5) is 0 Å². The molecule has 0 N–H and O–H groups in total. The van der Waals surface area contributed by atoms with E-state index < -0.39 is 0 Å². The first-order valence-corrected chi connectivity index (χ1v) is 0. The van der Waals surface area contributed by atoms with Crippen molar-refractivity contribution in [2.75, 3.05) is 0 Å². The fourth-order valence-electron chi connectivity index (χ4n) is 0. The average molecular weight is 1220 g/mol.